The summed E-state index contributed by atoms with van der Waals surface area (Å²) in [6, 6.07) is 5.60. The summed E-state index contributed by atoms with van der Waals surface area (Å²) >= 11 is 0. The lowest BCUT2D eigenvalue weighted by Crippen LogP contribution is -2.25. The van der Waals surface area contributed by atoms with Gasteiger partial charge in [-0.2, -0.15) is 0 Å². The minimum atomic E-state index is -0.335. The molecule has 1 fully saturated rings. The van der Waals surface area contributed by atoms with Crippen molar-refractivity contribution in [1.29, 1.82) is 0 Å². The zero-order valence-corrected chi connectivity index (χ0v) is 9.66. The number of esters is 1. The fourth-order valence-electron chi connectivity index (χ4n) is 1.68. The lowest BCUT2D eigenvalue weighted by molar-refractivity contribution is 0.0585. The molecule has 0 amide bonds. The molecule has 2 rings (SSSR count). The monoisotopic (exact) mass is 220 g/mol. The first-order valence-electron chi connectivity index (χ1n) is 5.56. The lowest BCUT2D eigenvalue weighted by atomic mass is 9.96. The van der Waals surface area contributed by atoms with Gasteiger partial charge in [-0.3, -0.25) is 0 Å². The molecule has 0 bridgehead atoms. The number of hydrogen-bond acceptors (Lipinski definition) is 3. The van der Waals surface area contributed by atoms with E-state index in [1.165, 1.54) is 13.5 Å². The summed E-state index contributed by atoms with van der Waals surface area (Å²) in [7, 11) is 1.39. The molecular formula is C13H16O3. The van der Waals surface area contributed by atoms with Crippen molar-refractivity contribution in [3.05, 3.63) is 29.3 Å². The number of benzene rings is 1. The molecule has 0 heterocycles. The Morgan fingerprint density at radius 1 is 1.38 bits per heavy atom. The lowest BCUT2D eigenvalue weighted by Gasteiger charge is -2.27. The van der Waals surface area contributed by atoms with Crippen molar-refractivity contribution in [3.8, 4) is 5.75 Å². The van der Waals surface area contributed by atoms with Gasteiger partial charge in [-0.25, -0.2) is 4.79 Å². The van der Waals surface area contributed by atoms with E-state index in [-0.39, 0.29) is 12.1 Å². The van der Waals surface area contributed by atoms with E-state index in [2.05, 4.69) is 0 Å². The molecule has 1 saturated carbocycles. The molecule has 1 aliphatic rings. The Morgan fingerprint density at radius 2 is 2.12 bits per heavy atom. The van der Waals surface area contributed by atoms with E-state index in [9.17, 15) is 4.79 Å². The van der Waals surface area contributed by atoms with E-state index in [0.717, 1.165) is 18.4 Å². The zero-order chi connectivity index (χ0) is 11.5. The zero-order valence-electron chi connectivity index (χ0n) is 9.66. The Morgan fingerprint density at radius 3 is 2.69 bits per heavy atom. The van der Waals surface area contributed by atoms with Crippen LogP contribution in [0.1, 0.15) is 35.2 Å². The van der Waals surface area contributed by atoms with Gasteiger partial charge in [-0.15, -0.1) is 0 Å². The van der Waals surface area contributed by atoms with Crippen LogP contribution in [0.15, 0.2) is 18.2 Å². The van der Waals surface area contributed by atoms with Crippen LogP contribution in [-0.2, 0) is 4.74 Å². The van der Waals surface area contributed by atoms with Crippen molar-refractivity contribution in [2.24, 2.45) is 0 Å². The van der Waals surface area contributed by atoms with Gasteiger partial charge >= 0.3 is 5.97 Å². The van der Waals surface area contributed by atoms with Crippen LogP contribution < -0.4 is 4.74 Å². The quantitative estimate of drug-likeness (QED) is 0.735. The van der Waals surface area contributed by atoms with Crippen molar-refractivity contribution in [1.82, 2.24) is 0 Å². The third kappa shape index (κ3) is 2.18. The van der Waals surface area contributed by atoms with Crippen LogP contribution in [0.5, 0.6) is 5.75 Å². The van der Waals surface area contributed by atoms with Gasteiger partial charge in [-0.1, -0.05) is 11.6 Å². The van der Waals surface area contributed by atoms with Gasteiger partial charge in [0.15, 0.2) is 0 Å². The van der Waals surface area contributed by atoms with Crippen LogP contribution in [0.3, 0.4) is 0 Å². The van der Waals surface area contributed by atoms with E-state index >= 15 is 0 Å². The van der Waals surface area contributed by atoms with Gasteiger partial charge in [0.2, 0.25) is 0 Å². The maximum atomic E-state index is 11.6. The molecule has 0 radical (unpaired) electrons. The van der Waals surface area contributed by atoms with Gasteiger partial charge in [0.1, 0.15) is 11.3 Å². The number of aryl methyl sites for hydroxylation is 1. The first-order chi connectivity index (χ1) is 7.70. The molecule has 0 spiro atoms. The largest absolute Gasteiger partial charge is 0.490 e. The highest BCUT2D eigenvalue weighted by Crippen LogP contribution is 2.28. The maximum Gasteiger partial charge on any atom is 0.341 e. The predicted molar refractivity (Wildman–Crippen MR) is 60.8 cm³/mol. The highest BCUT2D eigenvalue weighted by atomic mass is 16.5. The Labute approximate surface area is 95.4 Å². The van der Waals surface area contributed by atoms with Crippen molar-refractivity contribution >= 4 is 5.97 Å². The fourth-order valence-corrected chi connectivity index (χ4v) is 1.68. The summed E-state index contributed by atoms with van der Waals surface area (Å²) in [4.78, 5) is 11.6. The first-order valence-corrected chi connectivity index (χ1v) is 5.56. The molecule has 0 aromatic heterocycles. The second-order valence-electron chi connectivity index (χ2n) is 4.16. The SMILES string of the molecule is COC(=O)c1cc(C)ccc1OC1CCC1. The minimum Gasteiger partial charge on any atom is -0.490 e. The average molecular weight is 220 g/mol. The second-order valence-corrected chi connectivity index (χ2v) is 4.16. The summed E-state index contributed by atoms with van der Waals surface area (Å²) in [5.74, 6) is 0.306. The topological polar surface area (TPSA) is 35.5 Å². The van der Waals surface area contributed by atoms with Gasteiger partial charge in [0, 0.05) is 0 Å². The minimum absolute atomic E-state index is 0.270. The van der Waals surface area contributed by atoms with Crippen LogP contribution in [0, 0.1) is 6.92 Å². The van der Waals surface area contributed by atoms with Crippen molar-refractivity contribution < 1.29 is 14.3 Å². The summed E-state index contributed by atoms with van der Waals surface area (Å²) in [6.45, 7) is 1.94. The highest BCUT2D eigenvalue weighted by molar-refractivity contribution is 5.92. The summed E-state index contributed by atoms with van der Waals surface area (Å²) in [5.41, 5.74) is 1.55. The van der Waals surface area contributed by atoms with Crippen LogP contribution in [0.2, 0.25) is 0 Å². The van der Waals surface area contributed by atoms with Gasteiger partial charge in [0.25, 0.3) is 0 Å². The van der Waals surface area contributed by atoms with Crippen molar-refractivity contribution in [2.45, 2.75) is 32.3 Å². The average Bonchev–Trinajstić information content (AvgIpc) is 2.23. The number of hydrogen-bond donors (Lipinski definition) is 0. The molecule has 0 N–H and O–H groups in total. The molecular weight excluding hydrogens is 204 g/mol. The molecule has 3 nitrogen and oxygen atoms in total. The van der Waals surface area contributed by atoms with Crippen molar-refractivity contribution in [3.63, 3.8) is 0 Å². The van der Waals surface area contributed by atoms with Crippen LogP contribution >= 0.6 is 0 Å². The molecule has 1 aliphatic carbocycles. The van der Waals surface area contributed by atoms with E-state index in [4.69, 9.17) is 9.47 Å². The molecule has 86 valence electrons. The molecule has 1 aromatic carbocycles. The predicted octanol–water partition coefficient (Wildman–Crippen LogP) is 2.71. The molecule has 3 heteroatoms. The number of rotatable bonds is 3. The summed E-state index contributed by atoms with van der Waals surface area (Å²) < 4.78 is 10.5. The second kappa shape index (κ2) is 4.56. The molecule has 0 aliphatic heterocycles. The number of carbonyl (C=O) groups is 1. The van der Waals surface area contributed by atoms with Crippen molar-refractivity contribution in [2.75, 3.05) is 7.11 Å². The number of methoxy groups -OCH3 is 1. The first kappa shape index (κ1) is 11.0. The molecule has 1 aromatic rings. The van der Waals surface area contributed by atoms with Gasteiger partial charge < -0.3 is 9.47 Å². The maximum absolute atomic E-state index is 11.6. The Hall–Kier alpha value is -1.51. The summed E-state index contributed by atoms with van der Waals surface area (Å²) in [5, 5.41) is 0. The van der Waals surface area contributed by atoms with E-state index in [0.29, 0.717) is 11.3 Å². The van der Waals surface area contributed by atoms with Crippen LogP contribution in [0.4, 0.5) is 0 Å². The Balaban J connectivity index is 2.23. The molecule has 0 saturated heterocycles. The highest BCUT2D eigenvalue weighted by Gasteiger charge is 2.22. The molecule has 16 heavy (non-hydrogen) atoms. The third-order valence-corrected chi connectivity index (χ3v) is 2.89. The van der Waals surface area contributed by atoms with E-state index in [1.54, 1.807) is 6.07 Å². The molecule has 0 atom stereocenters. The normalized spacial score (nSPS) is 15.4. The Kier molecular flexibility index (Phi) is 3.13. The Bertz CT molecular complexity index is 394. The van der Waals surface area contributed by atoms with Crippen LogP contribution in [0.25, 0.3) is 0 Å². The smallest absolute Gasteiger partial charge is 0.341 e. The van der Waals surface area contributed by atoms with Gasteiger partial charge in [0.05, 0.1) is 13.2 Å². The number of carbonyl (C=O) groups excluding carboxylic acids is 1. The van der Waals surface area contributed by atoms with E-state index < -0.39 is 0 Å². The summed E-state index contributed by atoms with van der Waals surface area (Å²) in [6.07, 6.45) is 3.64. The van der Waals surface area contributed by atoms with E-state index in [1.807, 2.05) is 19.1 Å². The third-order valence-electron chi connectivity index (χ3n) is 2.89. The molecule has 0 unspecified atom stereocenters. The standard InChI is InChI=1S/C13H16O3/c1-9-6-7-12(16-10-4-3-5-10)11(8-9)13(14)15-2/h6-8,10H,3-5H2,1-2H3. The van der Waals surface area contributed by atoms with Crippen LogP contribution in [-0.4, -0.2) is 19.2 Å². The number of ether oxygens (including phenoxy) is 2. The van der Waals surface area contributed by atoms with Gasteiger partial charge in [-0.05, 0) is 38.3 Å². The fraction of sp³-hybridized carbons (Fsp3) is 0.462.